The number of carbonyl (C=O) groups excluding carboxylic acids is 1. The van der Waals surface area contributed by atoms with Gasteiger partial charge in [0.2, 0.25) is 0 Å². The first-order valence-electron chi connectivity index (χ1n) is 14.4. The minimum absolute atomic E-state index is 0. The maximum absolute atomic E-state index is 12.9. The topological polar surface area (TPSA) is 104 Å². The van der Waals surface area contributed by atoms with E-state index in [4.69, 9.17) is 4.74 Å². The zero-order valence-electron chi connectivity index (χ0n) is 25.3. The molecule has 0 bridgehead atoms. The number of hydrogen-bond donors (Lipinski definition) is 1. The second-order valence-corrected chi connectivity index (χ2v) is 11.3. The molecule has 1 aliphatic carbocycles. The molecule has 218 valence electrons. The number of carbonyl (C=O) groups is 1. The van der Waals surface area contributed by atoms with E-state index in [1.807, 2.05) is 19.1 Å². The molecule has 3 aromatic rings. The van der Waals surface area contributed by atoms with Crippen molar-refractivity contribution in [2.75, 3.05) is 36.5 Å². The van der Waals surface area contributed by atoms with Crippen molar-refractivity contribution in [1.29, 1.82) is 5.26 Å². The molecular formula is C33H40N6O2U. The van der Waals surface area contributed by atoms with Gasteiger partial charge in [-0.3, -0.25) is 14.8 Å². The van der Waals surface area contributed by atoms with Crippen molar-refractivity contribution < 1.29 is 40.6 Å². The van der Waals surface area contributed by atoms with Crippen molar-refractivity contribution >= 4 is 17.3 Å². The molecular weight excluding hydrogens is 750 g/mol. The van der Waals surface area contributed by atoms with E-state index in [1.165, 1.54) is 25.7 Å². The molecule has 1 aliphatic heterocycles. The average molecular weight is 791 g/mol. The second-order valence-electron chi connectivity index (χ2n) is 11.3. The largest absolute Gasteiger partial charge is 2.00 e. The minimum Gasteiger partial charge on any atom is -0.392 e. The monoisotopic (exact) mass is 790 g/mol. The number of nitriles is 1. The number of aromatic nitrogens is 3. The van der Waals surface area contributed by atoms with E-state index >= 15 is 0 Å². The Morgan fingerprint density at radius 1 is 1.17 bits per heavy atom. The predicted octanol–water partition coefficient (Wildman–Crippen LogP) is 6.33. The first-order chi connectivity index (χ1) is 19.7. The van der Waals surface area contributed by atoms with Gasteiger partial charge in [0.05, 0.1) is 36.6 Å². The summed E-state index contributed by atoms with van der Waals surface area (Å²) in [5.74, 6) is -0.365. The van der Waals surface area contributed by atoms with E-state index in [2.05, 4.69) is 57.7 Å². The molecule has 0 unspecified atom stereocenters. The van der Waals surface area contributed by atoms with Gasteiger partial charge in [-0.1, -0.05) is 50.2 Å². The van der Waals surface area contributed by atoms with Gasteiger partial charge in [0, 0.05) is 25.0 Å². The Hall–Kier alpha value is -2.78. The van der Waals surface area contributed by atoms with Crippen LogP contribution in [0.25, 0.3) is 11.1 Å². The third-order valence-electron chi connectivity index (χ3n) is 8.33. The summed E-state index contributed by atoms with van der Waals surface area (Å²) in [4.78, 5) is 28.0. The number of rotatable bonds is 7. The molecule has 1 amide bonds. The quantitative estimate of drug-likeness (QED) is 0.279. The van der Waals surface area contributed by atoms with Crippen LogP contribution in [0.4, 0.5) is 11.4 Å². The summed E-state index contributed by atoms with van der Waals surface area (Å²) in [5.41, 5.74) is 5.05. The van der Waals surface area contributed by atoms with E-state index in [-0.39, 0.29) is 42.7 Å². The van der Waals surface area contributed by atoms with Gasteiger partial charge < -0.3 is 26.4 Å². The van der Waals surface area contributed by atoms with Crippen molar-refractivity contribution in [3.8, 4) is 17.2 Å². The fraction of sp³-hybridized carbons (Fsp3) is 0.455. The molecule has 0 spiro atoms. The molecule has 0 aromatic carbocycles. The SMILES string of the molecule is CCC1(CC)C[CH-]C1.Cc1ncc(NC(=O)c2cc(C(C)(C)C#N)ccn2)cc1-c1cn[c-]c(N2CCOCC2)c1.[U+2]. The Bertz CT molecular complexity index is 1380. The molecule has 0 atom stereocenters. The Morgan fingerprint density at radius 2 is 1.88 bits per heavy atom. The summed E-state index contributed by atoms with van der Waals surface area (Å²) in [5, 5.41) is 12.3. The van der Waals surface area contributed by atoms with Crippen LogP contribution in [0.2, 0.25) is 0 Å². The molecule has 2 fully saturated rings. The third-order valence-corrected chi connectivity index (χ3v) is 8.33. The number of aryl methyl sites for hydroxylation is 1. The van der Waals surface area contributed by atoms with Crippen LogP contribution in [0.1, 0.15) is 75.1 Å². The summed E-state index contributed by atoms with van der Waals surface area (Å²) in [6.07, 6.45) is 15.9. The summed E-state index contributed by atoms with van der Waals surface area (Å²) >= 11 is 0. The fourth-order valence-corrected chi connectivity index (χ4v) is 4.98. The summed E-state index contributed by atoms with van der Waals surface area (Å²) in [7, 11) is 0. The molecule has 4 heterocycles. The number of nitrogens with zero attached hydrogens (tertiary/aromatic N) is 5. The van der Waals surface area contributed by atoms with Crippen LogP contribution in [0.5, 0.6) is 0 Å². The van der Waals surface area contributed by atoms with E-state index in [0.717, 1.165) is 46.6 Å². The Balaban J connectivity index is 0.000000466. The second kappa shape index (κ2) is 15.1. The summed E-state index contributed by atoms with van der Waals surface area (Å²) in [6.45, 7) is 13.1. The van der Waals surface area contributed by atoms with Gasteiger partial charge in [-0.2, -0.15) is 18.1 Å². The van der Waals surface area contributed by atoms with Gasteiger partial charge >= 0.3 is 31.1 Å². The molecule has 9 heteroatoms. The molecule has 1 saturated carbocycles. The zero-order chi connectivity index (χ0) is 29.5. The summed E-state index contributed by atoms with van der Waals surface area (Å²) in [6, 6.07) is 9.55. The standard InChI is InChI=1S/C25H25N6O2.C8H15.U/c1-17-22(18-10-21(15-27-13-18)31-6-8-33-9-7-31)12-20(14-29-17)30-24(32)23-11-19(4-5-28-23)25(2,3)16-26;1-3-8(4-2)6-5-7-8;/h4-5,10-14H,6-9H2,1-3H3,(H,30,32);5H,3-4,6-7H2,1-2H3;/q2*-1;+2. The van der Waals surface area contributed by atoms with Crippen LogP contribution in [0.3, 0.4) is 0 Å². The van der Waals surface area contributed by atoms with Gasteiger partial charge in [0.1, 0.15) is 5.69 Å². The van der Waals surface area contributed by atoms with Crippen LogP contribution in [0.15, 0.2) is 42.9 Å². The molecule has 0 radical (unpaired) electrons. The van der Waals surface area contributed by atoms with Crippen molar-refractivity contribution in [2.45, 2.75) is 65.7 Å². The van der Waals surface area contributed by atoms with Crippen molar-refractivity contribution in [3.63, 3.8) is 0 Å². The number of amides is 1. The number of hydrogen-bond acceptors (Lipinski definition) is 7. The van der Waals surface area contributed by atoms with Crippen LogP contribution < -0.4 is 10.2 Å². The van der Waals surface area contributed by atoms with Gasteiger partial charge in [0.25, 0.3) is 5.91 Å². The molecule has 2 aliphatic rings. The number of pyridine rings is 3. The Labute approximate surface area is 274 Å². The predicted molar refractivity (Wildman–Crippen MR) is 161 cm³/mol. The number of ether oxygens (including phenoxy) is 1. The van der Waals surface area contributed by atoms with Crippen LogP contribution >= 0.6 is 0 Å². The van der Waals surface area contributed by atoms with E-state index in [9.17, 15) is 10.1 Å². The molecule has 3 aromatic heterocycles. The molecule has 42 heavy (non-hydrogen) atoms. The normalized spacial score (nSPS) is 15.7. The van der Waals surface area contributed by atoms with E-state index < -0.39 is 5.41 Å². The summed E-state index contributed by atoms with van der Waals surface area (Å²) < 4.78 is 5.43. The van der Waals surface area contributed by atoms with E-state index in [0.29, 0.717) is 18.9 Å². The van der Waals surface area contributed by atoms with Gasteiger partial charge in [-0.25, -0.2) is 0 Å². The molecule has 1 N–H and O–H groups in total. The molecule has 8 nitrogen and oxygen atoms in total. The van der Waals surface area contributed by atoms with Crippen molar-refractivity contribution in [1.82, 2.24) is 15.0 Å². The Kier molecular flexibility index (Phi) is 12.1. The fourth-order valence-electron chi connectivity index (χ4n) is 4.98. The first kappa shape index (κ1) is 33.7. The number of morpholine rings is 1. The maximum atomic E-state index is 12.9. The molecule has 1 saturated heterocycles. The first-order valence-corrected chi connectivity index (χ1v) is 14.4. The van der Waals surface area contributed by atoms with Crippen LogP contribution in [-0.4, -0.2) is 47.2 Å². The van der Waals surface area contributed by atoms with Gasteiger partial charge in [0.15, 0.2) is 0 Å². The Morgan fingerprint density at radius 3 is 2.48 bits per heavy atom. The number of anilines is 2. The van der Waals surface area contributed by atoms with Crippen LogP contribution in [0, 0.1) is 67.4 Å². The zero-order valence-corrected chi connectivity index (χ0v) is 29.5. The van der Waals surface area contributed by atoms with Gasteiger partial charge in [-0.05, 0) is 50.1 Å². The molecule has 5 rings (SSSR count). The third kappa shape index (κ3) is 8.19. The van der Waals surface area contributed by atoms with Gasteiger partial charge in [-0.15, -0.1) is 11.6 Å². The van der Waals surface area contributed by atoms with Crippen molar-refractivity contribution in [2.24, 2.45) is 5.41 Å². The van der Waals surface area contributed by atoms with Crippen LogP contribution in [-0.2, 0) is 10.2 Å². The minimum atomic E-state index is -0.716. The number of nitrogens with one attached hydrogen (secondary N) is 1. The smallest absolute Gasteiger partial charge is 0.392 e. The average Bonchev–Trinajstić information content (AvgIpc) is 2.99. The van der Waals surface area contributed by atoms with Crippen molar-refractivity contribution in [3.05, 3.63) is 72.4 Å². The maximum Gasteiger partial charge on any atom is 2.00 e. The van der Waals surface area contributed by atoms with E-state index in [1.54, 1.807) is 44.6 Å².